The summed E-state index contributed by atoms with van der Waals surface area (Å²) in [5.41, 5.74) is 3.35. The van der Waals surface area contributed by atoms with Crippen LogP contribution in [-0.4, -0.2) is 9.97 Å². The Hall–Kier alpha value is -2.40. The average molecular weight is 398 g/mol. The van der Waals surface area contributed by atoms with Gasteiger partial charge in [0.2, 0.25) is 0 Å². The summed E-state index contributed by atoms with van der Waals surface area (Å²) in [6.07, 6.45) is 6.59. The molecule has 1 aromatic carbocycles. The molecule has 28 heavy (non-hydrogen) atoms. The molecule has 0 radical (unpaired) electrons. The van der Waals surface area contributed by atoms with Gasteiger partial charge in [-0.25, -0.2) is 9.97 Å². The van der Waals surface area contributed by atoms with E-state index in [2.05, 4.69) is 40.4 Å². The number of thiazole rings is 1. The van der Waals surface area contributed by atoms with E-state index in [0.29, 0.717) is 6.61 Å². The van der Waals surface area contributed by atoms with Crippen LogP contribution in [0.2, 0.25) is 0 Å². The maximum Gasteiger partial charge on any atom is 0.188 e. The molecule has 0 fully saturated rings. The van der Waals surface area contributed by atoms with Gasteiger partial charge in [-0.1, -0.05) is 63.9 Å². The van der Waals surface area contributed by atoms with Crippen molar-refractivity contribution in [2.45, 2.75) is 60.0 Å². The maximum atomic E-state index is 6.10. The van der Waals surface area contributed by atoms with Gasteiger partial charge >= 0.3 is 0 Å². The Morgan fingerprint density at radius 1 is 1.07 bits per heavy atom. The van der Waals surface area contributed by atoms with Crippen molar-refractivity contribution in [1.29, 1.82) is 0 Å². The Morgan fingerprint density at radius 3 is 2.54 bits per heavy atom. The fourth-order valence-electron chi connectivity index (χ4n) is 2.65. The first-order valence-electron chi connectivity index (χ1n) is 10.1. The molecular weight excluding hydrogens is 366 g/mol. The SMILES string of the molecule is CC.CCCCCc1cnc(Nc2nc(C)cs2)c(OCc2ccccc2)c1. The molecule has 0 aliphatic heterocycles. The number of nitrogens with zero attached hydrogens (tertiary/aromatic N) is 2. The molecule has 0 aliphatic rings. The zero-order valence-electron chi connectivity index (χ0n) is 17.4. The van der Waals surface area contributed by atoms with Crippen molar-refractivity contribution < 1.29 is 4.74 Å². The van der Waals surface area contributed by atoms with Crippen molar-refractivity contribution in [3.8, 4) is 5.75 Å². The molecule has 0 amide bonds. The third-order valence-corrected chi connectivity index (χ3v) is 4.94. The van der Waals surface area contributed by atoms with Gasteiger partial charge in [-0.15, -0.1) is 11.3 Å². The Morgan fingerprint density at radius 2 is 1.86 bits per heavy atom. The van der Waals surface area contributed by atoms with E-state index in [0.717, 1.165) is 34.4 Å². The third-order valence-electron chi connectivity index (χ3n) is 4.06. The molecule has 0 atom stereocenters. The molecule has 5 heteroatoms. The zero-order valence-corrected chi connectivity index (χ0v) is 18.2. The summed E-state index contributed by atoms with van der Waals surface area (Å²) in [6, 6.07) is 12.3. The van der Waals surface area contributed by atoms with Gasteiger partial charge in [0, 0.05) is 11.6 Å². The van der Waals surface area contributed by atoms with Gasteiger partial charge in [0.15, 0.2) is 16.7 Å². The van der Waals surface area contributed by atoms with E-state index in [-0.39, 0.29) is 0 Å². The highest BCUT2D eigenvalue weighted by Crippen LogP contribution is 2.29. The van der Waals surface area contributed by atoms with E-state index >= 15 is 0 Å². The lowest BCUT2D eigenvalue weighted by atomic mass is 10.1. The van der Waals surface area contributed by atoms with E-state index in [4.69, 9.17) is 4.74 Å². The molecule has 0 spiro atoms. The number of hydrogen-bond donors (Lipinski definition) is 1. The summed E-state index contributed by atoms with van der Waals surface area (Å²) < 4.78 is 6.10. The van der Waals surface area contributed by atoms with E-state index in [1.165, 1.54) is 24.8 Å². The first-order chi connectivity index (χ1) is 13.7. The van der Waals surface area contributed by atoms with E-state index < -0.39 is 0 Å². The highest BCUT2D eigenvalue weighted by Gasteiger charge is 2.10. The second-order valence-corrected chi connectivity index (χ2v) is 7.20. The summed E-state index contributed by atoms with van der Waals surface area (Å²) in [6.45, 7) is 8.72. The Labute approximate surface area is 173 Å². The van der Waals surface area contributed by atoms with E-state index in [1.807, 2.05) is 50.5 Å². The minimum atomic E-state index is 0.520. The monoisotopic (exact) mass is 397 g/mol. The van der Waals surface area contributed by atoms with Crippen LogP contribution in [0.3, 0.4) is 0 Å². The van der Waals surface area contributed by atoms with Crippen LogP contribution in [0.4, 0.5) is 10.9 Å². The van der Waals surface area contributed by atoms with Crippen LogP contribution in [-0.2, 0) is 13.0 Å². The molecule has 1 N–H and O–H groups in total. The summed E-state index contributed by atoms with van der Waals surface area (Å²) in [4.78, 5) is 9.07. The first-order valence-corrected chi connectivity index (χ1v) is 11.0. The summed E-state index contributed by atoms with van der Waals surface area (Å²) in [5, 5.41) is 6.15. The molecule has 0 saturated carbocycles. The van der Waals surface area contributed by atoms with Gasteiger partial charge in [-0.05, 0) is 37.0 Å². The Balaban J connectivity index is 0.00000136. The lowest BCUT2D eigenvalue weighted by molar-refractivity contribution is 0.306. The van der Waals surface area contributed by atoms with Gasteiger partial charge < -0.3 is 10.1 Å². The summed E-state index contributed by atoms with van der Waals surface area (Å²) in [5.74, 6) is 1.49. The number of ether oxygens (including phenoxy) is 1. The molecule has 0 bridgehead atoms. The minimum absolute atomic E-state index is 0.520. The van der Waals surface area contributed by atoms with Crippen LogP contribution in [0.1, 0.15) is 56.9 Å². The van der Waals surface area contributed by atoms with Crippen molar-refractivity contribution in [2.75, 3.05) is 5.32 Å². The number of aromatic nitrogens is 2. The van der Waals surface area contributed by atoms with Crippen LogP contribution in [0.15, 0.2) is 48.0 Å². The molecule has 3 rings (SSSR count). The van der Waals surface area contributed by atoms with Gasteiger partial charge in [0.1, 0.15) is 6.61 Å². The highest BCUT2D eigenvalue weighted by atomic mass is 32.1. The number of aryl methyl sites for hydroxylation is 2. The second kappa shape index (κ2) is 12.1. The molecule has 150 valence electrons. The normalized spacial score (nSPS) is 10.1. The number of anilines is 2. The predicted octanol–water partition coefficient (Wildman–Crippen LogP) is 6.93. The van der Waals surface area contributed by atoms with Crippen LogP contribution < -0.4 is 10.1 Å². The summed E-state index contributed by atoms with van der Waals surface area (Å²) in [7, 11) is 0. The second-order valence-electron chi connectivity index (χ2n) is 6.34. The fraction of sp³-hybridized carbons (Fsp3) is 0.391. The standard InChI is InChI=1S/C21H25N3OS.C2H6/c1-3-4-6-11-18-12-19(25-14-17-9-7-5-8-10-17)20(22-13-18)24-21-23-16(2)15-26-21;1-2/h5,7-10,12-13,15H,3-4,6,11,14H2,1-2H3,(H,22,23,24);1-2H3. The van der Waals surface area contributed by atoms with Crippen molar-refractivity contribution in [3.63, 3.8) is 0 Å². The molecule has 0 saturated heterocycles. The lowest BCUT2D eigenvalue weighted by Gasteiger charge is -2.13. The number of rotatable bonds is 9. The molecular formula is C23H31N3OS. The van der Waals surface area contributed by atoms with E-state index in [1.54, 1.807) is 11.3 Å². The van der Waals surface area contributed by atoms with Crippen molar-refractivity contribution in [2.24, 2.45) is 0 Å². The molecule has 0 unspecified atom stereocenters. The number of benzene rings is 1. The predicted molar refractivity (Wildman–Crippen MR) is 120 cm³/mol. The van der Waals surface area contributed by atoms with Gasteiger partial charge in [-0.3, -0.25) is 0 Å². The average Bonchev–Trinajstić information content (AvgIpc) is 3.15. The topological polar surface area (TPSA) is 47.0 Å². The smallest absolute Gasteiger partial charge is 0.188 e. The fourth-order valence-corrected chi connectivity index (χ4v) is 3.34. The van der Waals surface area contributed by atoms with Gasteiger partial charge in [0.25, 0.3) is 0 Å². The van der Waals surface area contributed by atoms with Crippen molar-refractivity contribution in [3.05, 3.63) is 64.8 Å². The van der Waals surface area contributed by atoms with E-state index in [9.17, 15) is 0 Å². The summed E-state index contributed by atoms with van der Waals surface area (Å²) >= 11 is 1.57. The third kappa shape index (κ3) is 6.97. The number of pyridine rings is 1. The number of unbranched alkanes of at least 4 members (excludes halogenated alkanes) is 2. The first kappa shape index (κ1) is 21.9. The lowest BCUT2D eigenvalue weighted by Crippen LogP contribution is -2.02. The molecule has 0 aliphatic carbocycles. The Bertz CT molecular complexity index is 818. The number of nitrogens with one attached hydrogen (secondary N) is 1. The van der Waals surface area contributed by atoms with Crippen LogP contribution >= 0.6 is 11.3 Å². The molecule has 3 aromatic rings. The van der Waals surface area contributed by atoms with Crippen LogP contribution in [0.5, 0.6) is 5.75 Å². The quantitative estimate of drug-likeness (QED) is 0.398. The molecule has 4 nitrogen and oxygen atoms in total. The minimum Gasteiger partial charge on any atom is -0.485 e. The van der Waals surface area contributed by atoms with Gasteiger partial charge in [-0.2, -0.15) is 0 Å². The molecule has 2 heterocycles. The Kier molecular flexibility index (Phi) is 9.49. The van der Waals surface area contributed by atoms with Crippen LogP contribution in [0.25, 0.3) is 0 Å². The molecule has 2 aromatic heterocycles. The van der Waals surface area contributed by atoms with Crippen molar-refractivity contribution >= 4 is 22.3 Å². The zero-order chi connectivity index (χ0) is 20.2. The maximum absolute atomic E-state index is 6.10. The highest BCUT2D eigenvalue weighted by molar-refractivity contribution is 7.13. The number of hydrogen-bond acceptors (Lipinski definition) is 5. The van der Waals surface area contributed by atoms with Crippen LogP contribution in [0, 0.1) is 6.92 Å². The van der Waals surface area contributed by atoms with Crippen molar-refractivity contribution in [1.82, 2.24) is 9.97 Å². The van der Waals surface area contributed by atoms with Gasteiger partial charge in [0.05, 0.1) is 5.69 Å². The largest absolute Gasteiger partial charge is 0.485 e.